The number of aryl methyl sites for hydroxylation is 2. The molecular weight excluding hydrogens is 234 g/mol. The van der Waals surface area contributed by atoms with Crippen molar-refractivity contribution in [3.8, 4) is 0 Å². The molecule has 1 aromatic heterocycles. The molecule has 0 atom stereocenters. The van der Waals surface area contributed by atoms with E-state index in [4.69, 9.17) is 0 Å². The maximum absolute atomic E-state index is 4.03. The van der Waals surface area contributed by atoms with Crippen molar-refractivity contribution in [3.63, 3.8) is 0 Å². The van der Waals surface area contributed by atoms with E-state index in [1.807, 2.05) is 12.3 Å². The molecule has 3 rings (SSSR count). The van der Waals surface area contributed by atoms with Gasteiger partial charge in [0.1, 0.15) is 0 Å². The number of benzene rings is 2. The fraction of sp³-hybridized carbons (Fsp3) is 0.188. The molecule has 0 aliphatic heterocycles. The number of fused-ring (bicyclic) bond motifs is 1. The lowest BCUT2D eigenvalue weighted by atomic mass is 10.1. The lowest BCUT2D eigenvalue weighted by Crippen LogP contribution is -1.99. The molecular formula is C16H17N3. The van der Waals surface area contributed by atoms with Gasteiger partial charge < -0.3 is 5.32 Å². The summed E-state index contributed by atoms with van der Waals surface area (Å²) < 4.78 is 0. The molecule has 0 fully saturated rings. The predicted molar refractivity (Wildman–Crippen MR) is 79.3 cm³/mol. The van der Waals surface area contributed by atoms with Gasteiger partial charge in [-0.2, -0.15) is 5.10 Å². The van der Waals surface area contributed by atoms with Crippen LogP contribution in [0.1, 0.15) is 16.7 Å². The first-order valence-corrected chi connectivity index (χ1v) is 6.45. The zero-order valence-electron chi connectivity index (χ0n) is 11.2. The summed E-state index contributed by atoms with van der Waals surface area (Å²) >= 11 is 0. The Bertz CT molecular complexity index is 713. The Labute approximate surface area is 112 Å². The number of aromatic amines is 1. The van der Waals surface area contributed by atoms with E-state index in [1.165, 1.54) is 16.7 Å². The quantitative estimate of drug-likeness (QED) is 0.743. The van der Waals surface area contributed by atoms with Crippen molar-refractivity contribution in [3.05, 3.63) is 59.3 Å². The standard InChI is InChI=1S/C16H17N3/c1-11-3-4-13(7-12(11)2)9-17-15-5-6-16-14(8-15)10-18-19-16/h3-8,10,17H,9H2,1-2H3,(H,18,19). The van der Waals surface area contributed by atoms with Crippen molar-refractivity contribution >= 4 is 16.6 Å². The number of nitrogens with one attached hydrogen (secondary N) is 2. The first-order chi connectivity index (χ1) is 9.22. The van der Waals surface area contributed by atoms with Gasteiger partial charge in [0.2, 0.25) is 0 Å². The fourth-order valence-electron chi connectivity index (χ4n) is 2.17. The minimum absolute atomic E-state index is 0.838. The molecule has 0 radical (unpaired) electrons. The van der Waals surface area contributed by atoms with Crippen LogP contribution in [0.4, 0.5) is 5.69 Å². The number of aromatic nitrogens is 2. The maximum Gasteiger partial charge on any atom is 0.0651 e. The molecule has 0 bridgehead atoms. The highest BCUT2D eigenvalue weighted by molar-refractivity contribution is 5.81. The average molecular weight is 251 g/mol. The third-order valence-electron chi connectivity index (χ3n) is 3.51. The first kappa shape index (κ1) is 11.8. The summed E-state index contributed by atoms with van der Waals surface area (Å²) in [6.07, 6.45) is 1.84. The fourth-order valence-corrected chi connectivity index (χ4v) is 2.17. The summed E-state index contributed by atoms with van der Waals surface area (Å²) in [4.78, 5) is 0. The largest absolute Gasteiger partial charge is 0.381 e. The van der Waals surface area contributed by atoms with Gasteiger partial charge in [0.05, 0.1) is 11.7 Å². The van der Waals surface area contributed by atoms with Crippen molar-refractivity contribution < 1.29 is 0 Å². The van der Waals surface area contributed by atoms with Gasteiger partial charge in [-0.15, -0.1) is 0 Å². The number of H-pyrrole nitrogens is 1. The minimum Gasteiger partial charge on any atom is -0.381 e. The Morgan fingerprint density at radius 3 is 2.79 bits per heavy atom. The summed E-state index contributed by atoms with van der Waals surface area (Å²) in [5.41, 5.74) is 6.16. The number of anilines is 1. The van der Waals surface area contributed by atoms with Gasteiger partial charge >= 0.3 is 0 Å². The minimum atomic E-state index is 0.838. The van der Waals surface area contributed by atoms with Gasteiger partial charge in [0.25, 0.3) is 0 Å². The summed E-state index contributed by atoms with van der Waals surface area (Å²) in [5.74, 6) is 0. The van der Waals surface area contributed by atoms with Gasteiger partial charge in [-0.25, -0.2) is 0 Å². The highest BCUT2D eigenvalue weighted by Crippen LogP contribution is 2.18. The second kappa shape index (κ2) is 4.76. The number of rotatable bonds is 3. The van der Waals surface area contributed by atoms with Crippen molar-refractivity contribution in [1.82, 2.24) is 10.2 Å². The van der Waals surface area contributed by atoms with E-state index in [-0.39, 0.29) is 0 Å². The second-order valence-electron chi connectivity index (χ2n) is 4.94. The molecule has 2 N–H and O–H groups in total. The molecule has 2 aromatic carbocycles. The van der Waals surface area contributed by atoms with E-state index in [2.05, 4.69) is 59.7 Å². The number of hydrogen-bond acceptors (Lipinski definition) is 2. The second-order valence-corrected chi connectivity index (χ2v) is 4.94. The van der Waals surface area contributed by atoms with Gasteiger partial charge in [0, 0.05) is 17.6 Å². The average Bonchev–Trinajstić information content (AvgIpc) is 2.87. The summed E-state index contributed by atoms with van der Waals surface area (Å²) in [6, 6.07) is 12.8. The van der Waals surface area contributed by atoms with Crippen molar-refractivity contribution in [1.29, 1.82) is 0 Å². The van der Waals surface area contributed by atoms with Crippen LogP contribution in [0.25, 0.3) is 10.9 Å². The van der Waals surface area contributed by atoms with Crippen LogP contribution in [-0.2, 0) is 6.54 Å². The summed E-state index contributed by atoms with van der Waals surface area (Å²) in [6.45, 7) is 5.13. The van der Waals surface area contributed by atoms with E-state index in [0.29, 0.717) is 0 Å². The summed E-state index contributed by atoms with van der Waals surface area (Å²) in [7, 11) is 0. The molecule has 3 heteroatoms. The van der Waals surface area contributed by atoms with Crippen LogP contribution < -0.4 is 5.32 Å². The number of nitrogens with zero attached hydrogens (tertiary/aromatic N) is 1. The molecule has 0 saturated carbocycles. The molecule has 19 heavy (non-hydrogen) atoms. The smallest absolute Gasteiger partial charge is 0.0651 e. The van der Waals surface area contributed by atoms with Crippen LogP contribution in [0.5, 0.6) is 0 Å². The third-order valence-corrected chi connectivity index (χ3v) is 3.51. The highest BCUT2D eigenvalue weighted by Gasteiger charge is 1.99. The van der Waals surface area contributed by atoms with Gasteiger partial charge in [-0.3, -0.25) is 5.10 Å². The Kier molecular flexibility index (Phi) is 2.95. The lowest BCUT2D eigenvalue weighted by Gasteiger charge is -2.08. The lowest BCUT2D eigenvalue weighted by molar-refractivity contribution is 1.12. The Balaban J connectivity index is 1.75. The molecule has 0 aliphatic carbocycles. The molecule has 3 nitrogen and oxygen atoms in total. The van der Waals surface area contributed by atoms with E-state index >= 15 is 0 Å². The zero-order chi connectivity index (χ0) is 13.2. The predicted octanol–water partition coefficient (Wildman–Crippen LogP) is 3.79. The monoisotopic (exact) mass is 251 g/mol. The third kappa shape index (κ3) is 2.45. The van der Waals surface area contributed by atoms with Crippen LogP contribution in [0.2, 0.25) is 0 Å². The zero-order valence-corrected chi connectivity index (χ0v) is 11.2. The Morgan fingerprint density at radius 1 is 1.05 bits per heavy atom. The van der Waals surface area contributed by atoms with E-state index in [1.54, 1.807) is 0 Å². The molecule has 1 heterocycles. The van der Waals surface area contributed by atoms with Gasteiger partial charge in [0.15, 0.2) is 0 Å². The number of hydrogen-bond donors (Lipinski definition) is 2. The van der Waals surface area contributed by atoms with Crippen LogP contribution in [0.3, 0.4) is 0 Å². The Morgan fingerprint density at radius 2 is 1.95 bits per heavy atom. The van der Waals surface area contributed by atoms with Gasteiger partial charge in [-0.1, -0.05) is 18.2 Å². The van der Waals surface area contributed by atoms with Crippen molar-refractivity contribution in [2.75, 3.05) is 5.32 Å². The van der Waals surface area contributed by atoms with E-state index < -0.39 is 0 Å². The molecule has 0 unspecified atom stereocenters. The van der Waals surface area contributed by atoms with E-state index in [0.717, 1.165) is 23.1 Å². The molecule has 0 amide bonds. The van der Waals surface area contributed by atoms with Crippen LogP contribution >= 0.6 is 0 Å². The highest BCUT2D eigenvalue weighted by atomic mass is 15.1. The SMILES string of the molecule is Cc1ccc(CNc2ccc3[nH]ncc3c2)cc1C. The molecule has 0 aliphatic rings. The molecule has 96 valence electrons. The van der Waals surface area contributed by atoms with E-state index in [9.17, 15) is 0 Å². The molecule has 0 spiro atoms. The van der Waals surface area contributed by atoms with Gasteiger partial charge in [-0.05, 0) is 48.7 Å². The topological polar surface area (TPSA) is 40.7 Å². The van der Waals surface area contributed by atoms with Crippen LogP contribution in [-0.4, -0.2) is 10.2 Å². The van der Waals surface area contributed by atoms with Crippen LogP contribution in [0.15, 0.2) is 42.6 Å². The summed E-state index contributed by atoms with van der Waals surface area (Å²) in [5, 5.41) is 11.6. The first-order valence-electron chi connectivity index (χ1n) is 6.45. The van der Waals surface area contributed by atoms with Crippen molar-refractivity contribution in [2.24, 2.45) is 0 Å². The van der Waals surface area contributed by atoms with Crippen molar-refractivity contribution in [2.45, 2.75) is 20.4 Å². The normalized spacial score (nSPS) is 10.8. The van der Waals surface area contributed by atoms with Crippen LogP contribution in [0, 0.1) is 13.8 Å². The molecule has 0 saturated heterocycles. The molecule has 3 aromatic rings. The Hall–Kier alpha value is -2.29. The maximum atomic E-state index is 4.03.